The summed E-state index contributed by atoms with van der Waals surface area (Å²) >= 11 is 6.95. The molecule has 0 spiro atoms. The van der Waals surface area contributed by atoms with Crippen LogP contribution in [0.15, 0.2) is 51.6 Å². The molecule has 0 aliphatic carbocycles. The lowest BCUT2D eigenvalue weighted by molar-refractivity contribution is 0.0924. The van der Waals surface area contributed by atoms with Gasteiger partial charge in [0.2, 0.25) is 5.91 Å². The van der Waals surface area contributed by atoms with E-state index in [1.54, 1.807) is 18.2 Å². The molecule has 2 aromatic heterocycles. The minimum absolute atomic E-state index is 0.272. The van der Waals surface area contributed by atoms with Crippen molar-refractivity contribution in [1.82, 2.24) is 14.8 Å². The van der Waals surface area contributed by atoms with Gasteiger partial charge in [-0.25, -0.2) is 0 Å². The summed E-state index contributed by atoms with van der Waals surface area (Å²) in [5, 5.41) is 7.24. The quantitative estimate of drug-likeness (QED) is 0.835. The molecule has 2 rings (SSSR count). The highest BCUT2D eigenvalue weighted by Gasteiger charge is 2.14. The van der Waals surface area contributed by atoms with Crippen LogP contribution in [-0.4, -0.2) is 27.2 Å². The first kappa shape index (κ1) is 17.1. The molecule has 0 saturated carbocycles. The van der Waals surface area contributed by atoms with Crippen molar-refractivity contribution < 1.29 is 4.79 Å². The van der Waals surface area contributed by atoms with Crippen molar-refractivity contribution >= 4 is 35.1 Å². The summed E-state index contributed by atoms with van der Waals surface area (Å²) in [4.78, 5) is 26.9. The average Bonchev–Trinajstić information content (AvgIpc) is 2.89. The Kier molecular flexibility index (Phi) is 5.46. The lowest BCUT2D eigenvalue weighted by Crippen LogP contribution is -2.14. The van der Waals surface area contributed by atoms with Gasteiger partial charge in [-0.2, -0.15) is 9.78 Å². The number of carbonyl (C=O) groups excluding carboxylic acids is 1. The SMILES string of the molecule is C=C(Cl)SC(=C)CNc1cc(-c2ccc[nH]c2=O)nn1C(C)=O. The molecule has 0 aliphatic heterocycles. The Balaban J connectivity index is 2.28. The number of hydrogen-bond acceptors (Lipinski definition) is 5. The third-order valence-electron chi connectivity index (χ3n) is 2.82. The molecule has 2 heterocycles. The number of H-pyrrole nitrogens is 1. The normalized spacial score (nSPS) is 10.3. The molecule has 0 unspecified atom stereocenters. The number of thioether (sulfide) groups is 1. The first-order chi connectivity index (χ1) is 10.9. The van der Waals surface area contributed by atoms with Gasteiger partial charge in [0.25, 0.3) is 5.56 Å². The number of nitrogens with one attached hydrogen (secondary N) is 2. The van der Waals surface area contributed by atoms with E-state index < -0.39 is 0 Å². The number of aromatic amines is 1. The van der Waals surface area contributed by atoms with Gasteiger partial charge in [-0.3, -0.25) is 9.59 Å². The summed E-state index contributed by atoms with van der Waals surface area (Å²) < 4.78 is 1.61. The minimum atomic E-state index is -0.273. The van der Waals surface area contributed by atoms with Crippen molar-refractivity contribution in [3.8, 4) is 11.3 Å². The van der Waals surface area contributed by atoms with Crippen molar-refractivity contribution in [3.63, 3.8) is 0 Å². The molecule has 0 fully saturated rings. The monoisotopic (exact) mass is 350 g/mol. The fourth-order valence-corrected chi connectivity index (χ4v) is 2.67. The lowest BCUT2D eigenvalue weighted by atomic mass is 10.2. The molecule has 23 heavy (non-hydrogen) atoms. The second-order valence-electron chi connectivity index (χ2n) is 4.61. The van der Waals surface area contributed by atoms with Crippen LogP contribution < -0.4 is 10.9 Å². The molecule has 0 radical (unpaired) electrons. The summed E-state index contributed by atoms with van der Waals surface area (Å²) in [5.41, 5.74) is 0.521. The van der Waals surface area contributed by atoms with Crippen LogP contribution in [0.5, 0.6) is 0 Å². The third kappa shape index (κ3) is 4.37. The number of aromatic nitrogens is 3. The van der Waals surface area contributed by atoms with E-state index in [1.165, 1.54) is 29.6 Å². The highest BCUT2D eigenvalue weighted by molar-refractivity contribution is 8.08. The Bertz CT molecular complexity index is 825. The van der Waals surface area contributed by atoms with Crippen LogP contribution in [0.3, 0.4) is 0 Å². The molecule has 0 saturated heterocycles. The van der Waals surface area contributed by atoms with Crippen LogP contribution in [0, 0.1) is 0 Å². The zero-order valence-electron chi connectivity index (χ0n) is 12.4. The molecule has 8 heteroatoms. The topological polar surface area (TPSA) is 79.8 Å². The predicted molar refractivity (Wildman–Crippen MR) is 94.8 cm³/mol. The van der Waals surface area contributed by atoms with Gasteiger partial charge in [0, 0.05) is 30.6 Å². The Morgan fingerprint density at radius 1 is 1.52 bits per heavy atom. The Morgan fingerprint density at radius 2 is 2.26 bits per heavy atom. The van der Waals surface area contributed by atoms with Gasteiger partial charge in [-0.1, -0.05) is 36.5 Å². The average molecular weight is 351 g/mol. The standard InChI is InChI=1S/C15H15ClN4O2S/c1-9(23-10(2)16)8-18-14-7-13(19-20(14)11(3)21)12-5-4-6-17-15(12)22/h4-7,18H,1-2,8H2,3H3,(H,17,22). The van der Waals surface area contributed by atoms with Gasteiger partial charge < -0.3 is 10.3 Å². The summed E-state index contributed by atoms with van der Waals surface area (Å²) in [7, 11) is 0. The van der Waals surface area contributed by atoms with Crippen LogP contribution in [0.2, 0.25) is 0 Å². The van der Waals surface area contributed by atoms with Crippen LogP contribution in [0.1, 0.15) is 11.7 Å². The smallest absolute Gasteiger partial charge is 0.257 e. The number of carbonyl (C=O) groups is 1. The number of halogens is 1. The molecule has 6 nitrogen and oxygen atoms in total. The largest absolute Gasteiger partial charge is 0.365 e. The predicted octanol–water partition coefficient (Wildman–Crippen LogP) is 3.27. The van der Waals surface area contributed by atoms with Crippen molar-refractivity contribution in [2.75, 3.05) is 11.9 Å². The molecule has 2 N–H and O–H groups in total. The zero-order chi connectivity index (χ0) is 17.0. The molecule has 120 valence electrons. The van der Waals surface area contributed by atoms with Crippen molar-refractivity contribution in [2.45, 2.75) is 6.92 Å². The number of rotatable bonds is 6. The van der Waals surface area contributed by atoms with E-state index >= 15 is 0 Å². The summed E-state index contributed by atoms with van der Waals surface area (Å²) in [5.74, 6) is 0.198. The third-order valence-corrected chi connectivity index (χ3v) is 3.71. The van der Waals surface area contributed by atoms with Gasteiger partial charge in [0.15, 0.2) is 0 Å². The molecular weight excluding hydrogens is 336 g/mol. The van der Waals surface area contributed by atoms with E-state index in [4.69, 9.17) is 11.6 Å². The van der Waals surface area contributed by atoms with Gasteiger partial charge in [0.05, 0.1) is 9.93 Å². The Labute approximate surface area is 142 Å². The van der Waals surface area contributed by atoms with E-state index in [2.05, 4.69) is 28.6 Å². The highest BCUT2D eigenvalue weighted by atomic mass is 35.5. The van der Waals surface area contributed by atoms with Crippen LogP contribution >= 0.6 is 23.4 Å². The fraction of sp³-hybridized carbons (Fsp3) is 0.133. The number of hydrogen-bond donors (Lipinski definition) is 2. The molecule has 2 aromatic rings. The van der Waals surface area contributed by atoms with Gasteiger partial charge >= 0.3 is 0 Å². The lowest BCUT2D eigenvalue weighted by Gasteiger charge is -2.08. The van der Waals surface area contributed by atoms with E-state index in [-0.39, 0.29) is 11.5 Å². The fourth-order valence-electron chi connectivity index (χ4n) is 1.88. The Morgan fingerprint density at radius 3 is 2.87 bits per heavy atom. The maximum absolute atomic E-state index is 11.8. The van der Waals surface area contributed by atoms with Gasteiger partial charge in [0.1, 0.15) is 11.5 Å². The summed E-state index contributed by atoms with van der Waals surface area (Å²) in [6.07, 6.45) is 1.53. The number of pyridine rings is 1. The number of nitrogens with zero attached hydrogens (tertiary/aromatic N) is 2. The minimum Gasteiger partial charge on any atom is -0.365 e. The number of anilines is 1. The molecule has 0 amide bonds. The summed E-state index contributed by atoms with van der Waals surface area (Å²) in [6.45, 7) is 9.19. The second kappa shape index (κ2) is 7.34. The van der Waals surface area contributed by atoms with E-state index in [1.807, 2.05) is 0 Å². The van der Waals surface area contributed by atoms with E-state index in [0.29, 0.717) is 28.0 Å². The highest BCUT2D eigenvalue weighted by Crippen LogP contribution is 2.26. The molecule has 0 atom stereocenters. The van der Waals surface area contributed by atoms with E-state index in [0.717, 1.165) is 4.91 Å². The first-order valence-electron chi connectivity index (χ1n) is 6.61. The second-order valence-corrected chi connectivity index (χ2v) is 6.56. The van der Waals surface area contributed by atoms with Crippen LogP contribution in [-0.2, 0) is 0 Å². The molecular formula is C15H15ClN4O2S. The summed E-state index contributed by atoms with van der Waals surface area (Å²) in [6, 6.07) is 4.97. The maximum atomic E-state index is 11.8. The van der Waals surface area contributed by atoms with Gasteiger partial charge in [-0.05, 0) is 12.1 Å². The van der Waals surface area contributed by atoms with Crippen LogP contribution in [0.25, 0.3) is 11.3 Å². The zero-order valence-corrected chi connectivity index (χ0v) is 14.0. The molecule has 0 bridgehead atoms. The maximum Gasteiger partial charge on any atom is 0.257 e. The van der Waals surface area contributed by atoms with E-state index in [9.17, 15) is 9.59 Å². The first-order valence-corrected chi connectivity index (χ1v) is 7.81. The van der Waals surface area contributed by atoms with Crippen LogP contribution in [0.4, 0.5) is 5.82 Å². The Hall–Kier alpha value is -2.25. The van der Waals surface area contributed by atoms with Gasteiger partial charge in [-0.15, -0.1) is 0 Å². The van der Waals surface area contributed by atoms with Crippen molar-refractivity contribution in [2.24, 2.45) is 0 Å². The van der Waals surface area contributed by atoms with Crippen molar-refractivity contribution in [1.29, 1.82) is 0 Å². The van der Waals surface area contributed by atoms with Crippen molar-refractivity contribution in [3.05, 3.63) is 57.2 Å². The molecule has 0 aliphatic rings. The molecule has 0 aromatic carbocycles.